The quantitative estimate of drug-likeness (QED) is 0.600. The minimum Gasteiger partial charge on any atom is -0.323 e. The van der Waals surface area contributed by atoms with Crippen LogP contribution in [0.15, 0.2) is 41.1 Å². The maximum atomic E-state index is 12.2. The first-order valence-corrected chi connectivity index (χ1v) is 6.39. The van der Waals surface area contributed by atoms with Gasteiger partial charge in [-0.1, -0.05) is 6.07 Å². The molecule has 98 valence electrons. The minimum atomic E-state index is -0.271. The summed E-state index contributed by atoms with van der Waals surface area (Å²) in [5.74, 6) is 5.10. The molecular weight excluding hydrogens is 308 g/mol. The van der Waals surface area contributed by atoms with Crippen LogP contribution in [0.1, 0.15) is 15.9 Å². The number of aryl methyl sites for hydroxylation is 1. The number of carbonyl (C=O) groups excluding carboxylic acids is 1. The van der Waals surface area contributed by atoms with Crippen molar-refractivity contribution in [1.82, 2.24) is 4.98 Å². The standard InChI is InChI=1S/C13H13BrN4O/c1-8-2-3-10(14)12(6-8)17-13(19)9-7-16-5-4-11(9)18-15/h2-7H,15H2,1H3,(H,16,18)(H,17,19). The fourth-order valence-electron chi connectivity index (χ4n) is 1.63. The van der Waals surface area contributed by atoms with Crippen LogP contribution in [0.3, 0.4) is 0 Å². The van der Waals surface area contributed by atoms with Gasteiger partial charge < -0.3 is 10.7 Å². The van der Waals surface area contributed by atoms with Crippen molar-refractivity contribution < 1.29 is 4.79 Å². The van der Waals surface area contributed by atoms with Crippen molar-refractivity contribution >= 4 is 33.2 Å². The Morgan fingerprint density at radius 1 is 1.32 bits per heavy atom. The Hall–Kier alpha value is -1.92. The lowest BCUT2D eigenvalue weighted by atomic mass is 10.2. The van der Waals surface area contributed by atoms with Crippen LogP contribution in [0.25, 0.3) is 0 Å². The summed E-state index contributed by atoms with van der Waals surface area (Å²) in [7, 11) is 0. The number of nitrogens with two attached hydrogens (primary N) is 1. The third-order valence-electron chi connectivity index (χ3n) is 2.59. The van der Waals surface area contributed by atoms with Gasteiger partial charge in [0.2, 0.25) is 0 Å². The van der Waals surface area contributed by atoms with E-state index in [2.05, 4.69) is 31.7 Å². The van der Waals surface area contributed by atoms with E-state index in [1.807, 2.05) is 25.1 Å². The molecule has 5 nitrogen and oxygen atoms in total. The Morgan fingerprint density at radius 3 is 2.84 bits per heavy atom. The van der Waals surface area contributed by atoms with Crippen molar-refractivity contribution in [2.24, 2.45) is 5.84 Å². The van der Waals surface area contributed by atoms with Gasteiger partial charge in [0.15, 0.2) is 0 Å². The highest BCUT2D eigenvalue weighted by Gasteiger charge is 2.12. The molecule has 0 bridgehead atoms. The minimum absolute atomic E-state index is 0.271. The number of rotatable bonds is 3. The van der Waals surface area contributed by atoms with E-state index >= 15 is 0 Å². The average Bonchev–Trinajstić information content (AvgIpc) is 2.42. The van der Waals surface area contributed by atoms with Crippen molar-refractivity contribution in [2.75, 3.05) is 10.7 Å². The van der Waals surface area contributed by atoms with Gasteiger partial charge in [0.25, 0.3) is 5.91 Å². The first-order valence-electron chi connectivity index (χ1n) is 5.60. The largest absolute Gasteiger partial charge is 0.323 e. The highest BCUT2D eigenvalue weighted by Crippen LogP contribution is 2.24. The van der Waals surface area contributed by atoms with Crippen LogP contribution in [0.5, 0.6) is 0 Å². The van der Waals surface area contributed by atoms with Crippen molar-refractivity contribution in [2.45, 2.75) is 6.92 Å². The van der Waals surface area contributed by atoms with E-state index in [9.17, 15) is 4.79 Å². The summed E-state index contributed by atoms with van der Waals surface area (Å²) >= 11 is 3.40. The third kappa shape index (κ3) is 3.10. The van der Waals surface area contributed by atoms with Crippen LogP contribution < -0.4 is 16.6 Å². The number of aromatic nitrogens is 1. The van der Waals surface area contributed by atoms with Gasteiger partial charge >= 0.3 is 0 Å². The van der Waals surface area contributed by atoms with Gasteiger partial charge in [0.1, 0.15) is 0 Å². The fourth-order valence-corrected chi connectivity index (χ4v) is 1.97. The molecule has 19 heavy (non-hydrogen) atoms. The van der Waals surface area contributed by atoms with Crippen LogP contribution in [-0.4, -0.2) is 10.9 Å². The number of nitrogen functional groups attached to an aromatic ring is 1. The number of benzene rings is 1. The van der Waals surface area contributed by atoms with Crippen molar-refractivity contribution in [3.63, 3.8) is 0 Å². The van der Waals surface area contributed by atoms with E-state index in [1.54, 1.807) is 12.3 Å². The van der Waals surface area contributed by atoms with Gasteiger partial charge in [-0.25, -0.2) is 0 Å². The zero-order chi connectivity index (χ0) is 13.8. The van der Waals surface area contributed by atoms with Crippen LogP contribution in [0.2, 0.25) is 0 Å². The maximum Gasteiger partial charge on any atom is 0.259 e. The second kappa shape index (κ2) is 5.81. The van der Waals surface area contributed by atoms with Gasteiger partial charge in [-0.3, -0.25) is 15.6 Å². The molecule has 0 spiro atoms. The van der Waals surface area contributed by atoms with E-state index in [0.29, 0.717) is 16.9 Å². The van der Waals surface area contributed by atoms with Crippen LogP contribution in [-0.2, 0) is 0 Å². The molecule has 2 rings (SSSR count). The number of anilines is 2. The molecule has 6 heteroatoms. The SMILES string of the molecule is Cc1ccc(Br)c(NC(=O)c2cnccc2NN)c1. The monoisotopic (exact) mass is 320 g/mol. The number of hydrogen-bond donors (Lipinski definition) is 3. The summed E-state index contributed by atoms with van der Waals surface area (Å²) in [5, 5.41) is 2.82. The van der Waals surface area contributed by atoms with E-state index in [0.717, 1.165) is 10.0 Å². The summed E-state index contributed by atoms with van der Waals surface area (Å²) in [5.41, 5.74) is 5.15. The number of hydrazine groups is 1. The molecule has 4 N–H and O–H groups in total. The highest BCUT2D eigenvalue weighted by molar-refractivity contribution is 9.10. The molecule has 2 aromatic rings. The summed E-state index contributed by atoms with van der Waals surface area (Å²) < 4.78 is 0.817. The average molecular weight is 321 g/mol. The molecule has 1 amide bonds. The molecule has 0 unspecified atom stereocenters. The van der Waals surface area contributed by atoms with E-state index in [1.165, 1.54) is 6.20 Å². The zero-order valence-corrected chi connectivity index (χ0v) is 11.9. The lowest BCUT2D eigenvalue weighted by Crippen LogP contribution is -2.17. The molecule has 0 aliphatic carbocycles. The number of nitrogens with one attached hydrogen (secondary N) is 2. The van der Waals surface area contributed by atoms with Gasteiger partial charge in [-0.15, -0.1) is 0 Å². The molecule has 0 radical (unpaired) electrons. The van der Waals surface area contributed by atoms with Crippen molar-refractivity contribution in [1.29, 1.82) is 0 Å². The van der Waals surface area contributed by atoms with Gasteiger partial charge in [0, 0.05) is 16.9 Å². The first kappa shape index (κ1) is 13.5. The molecule has 0 saturated heterocycles. The van der Waals surface area contributed by atoms with Gasteiger partial charge in [0.05, 0.1) is 16.9 Å². The van der Waals surface area contributed by atoms with Gasteiger partial charge in [-0.2, -0.15) is 0 Å². The van der Waals surface area contributed by atoms with Crippen molar-refractivity contribution in [3.05, 3.63) is 52.3 Å². The first-order chi connectivity index (χ1) is 9.11. The predicted octanol–water partition coefficient (Wildman–Crippen LogP) is 2.69. The lowest BCUT2D eigenvalue weighted by Gasteiger charge is -2.10. The molecule has 0 aliphatic heterocycles. The third-order valence-corrected chi connectivity index (χ3v) is 3.28. The Kier molecular flexibility index (Phi) is 4.13. The number of hydrogen-bond acceptors (Lipinski definition) is 4. The van der Waals surface area contributed by atoms with Crippen LogP contribution in [0.4, 0.5) is 11.4 Å². The number of pyridine rings is 1. The van der Waals surface area contributed by atoms with E-state index in [-0.39, 0.29) is 5.91 Å². The number of halogens is 1. The highest BCUT2D eigenvalue weighted by atomic mass is 79.9. The van der Waals surface area contributed by atoms with E-state index in [4.69, 9.17) is 5.84 Å². The molecule has 1 aromatic carbocycles. The summed E-state index contributed by atoms with van der Waals surface area (Å²) in [4.78, 5) is 16.1. The second-order valence-corrected chi connectivity index (χ2v) is 4.86. The summed E-state index contributed by atoms with van der Waals surface area (Å²) in [6, 6.07) is 7.36. The molecule has 0 aliphatic rings. The van der Waals surface area contributed by atoms with E-state index < -0.39 is 0 Å². The number of amides is 1. The molecule has 1 aromatic heterocycles. The molecular formula is C13H13BrN4O. The maximum absolute atomic E-state index is 12.2. The predicted molar refractivity (Wildman–Crippen MR) is 78.9 cm³/mol. The topological polar surface area (TPSA) is 80.0 Å². The molecule has 0 atom stereocenters. The Bertz CT molecular complexity index is 615. The zero-order valence-electron chi connectivity index (χ0n) is 10.3. The van der Waals surface area contributed by atoms with Crippen LogP contribution >= 0.6 is 15.9 Å². The molecule has 1 heterocycles. The Balaban J connectivity index is 2.28. The molecule has 0 fully saturated rings. The fraction of sp³-hybridized carbons (Fsp3) is 0.0769. The van der Waals surface area contributed by atoms with Gasteiger partial charge in [-0.05, 0) is 46.6 Å². The number of carbonyl (C=O) groups is 1. The second-order valence-electron chi connectivity index (χ2n) is 4.00. The number of nitrogens with zero attached hydrogens (tertiary/aromatic N) is 1. The smallest absolute Gasteiger partial charge is 0.259 e. The lowest BCUT2D eigenvalue weighted by molar-refractivity contribution is 0.102. The Morgan fingerprint density at radius 2 is 2.11 bits per heavy atom. The van der Waals surface area contributed by atoms with Crippen LogP contribution in [0, 0.1) is 6.92 Å². The van der Waals surface area contributed by atoms with Crippen molar-refractivity contribution in [3.8, 4) is 0 Å². The molecule has 0 saturated carbocycles. The summed E-state index contributed by atoms with van der Waals surface area (Å²) in [6.07, 6.45) is 3.03. The summed E-state index contributed by atoms with van der Waals surface area (Å²) in [6.45, 7) is 1.96. The Labute approximate surface area is 119 Å². The normalized spacial score (nSPS) is 10.1.